The smallest absolute Gasteiger partial charge is 0.339 e. The van der Waals surface area contributed by atoms with Crippen molar-refractivity contribution < 1.29 is 9.53 Å². The number of aryl methyl sites for hydroxylation is 1. The van der Waals surface area contributed by atoms with Crippen LogP contribution in [0.3, 0.4) is 0 Å². The Kier molecular flexibility index (Phi) is 4.45. The molecular weight excluding hydrogens is 282 g/mol. The monoisotopic (exact) mass is 295 g/mol. The van der Waals surface area contributed by atoms with Crippen LogP contribution in [0.25, 0.3) is 0 Å². The van der Waals surface area contributed by atoms with E-state index in [2.05, 4.69) is 24.4 Å². The molecule has 2 rings (SSSR count). The van der Waals surface area contributed by atoms with E-state index in [1.165, 1.54) is 16.9 Å². The summed E-state index contributed by atoms with van der Waals surface area (Å²) in [6.07, 6.45) is 0. The average Bonchev–Trinajstić information content (AvgIpc) is 2.81. The summed E-state index contributed by atoms with van der Waals surface area (Å²) in [5.41, 5.74) is 1.17. The third-order valence-electron chi connectivity index (χ3n) is 2.64. The van der Waals surface area contributed by atoms with Gasteiger partial charge in [0.15, 0.2) is 0 Å². The average molecular weight is 296 g/mol. The van der Waals surface area contributed by atoms with Gasteiger partial charge in [-0.1, -0.05) is 11.6 Å². The maximum Gasteiger partial charge on any atom is 0.339 e. The van der Waals surface area contributed by atoms with Crippen molar-refractivity contribution in [3.05, 3.63) is 50.7 Å². The Hall–Kier alpha value is -1.52. The molecule has 0 radical (unpaired) electrons. The number of hydrogen-bond acceptors (Lipinski definition) is 4. The number of carbonyl (C=O) groups excluding carboxylic acids is 1. The maximum atomic E-state index is 11.7. The number of benzene rings is 1. The van der Waals surface area contributed by atoms with Crippen LogP contribution < -0.4 is 5.32 Å². The van der Waals surface area contributed by atoms with Crippen LogP contribution in [0.2, 0.25) is 5.02 Å². The van der Waals surface area contributed by atoms with Crippen molar-refractivity contribution in [2.24, 2.45) is 0 Å². The second-order valence-electron chi connectivity index (χ2n) is 4.05. The molecule has 2 aromatic rings. The molecule has 0 saturated heterocycles. The quantitative estimate of drug-likeness (QED) is 0.863. The van der Waals surface area contributed by atoms with Gasteiger partial charge in [-0.15, -0.1) is 11.3 Å². The molecule has 0 aliphatic carbocycles. The van der Waals surface area contributed by atoms with Gasteiger partial charge in [0, 0.05) is 21.3 Å². The van der Waals surface area contributed by atoms with Gasteiger partial charge in [0.25, 0.3) is 0 Å². The minimum absolute atomic E-state index is 0.374. The van der Waals surface area contributed by atoms with Crippen LogP contribution in [0.5, 0.6) is 0 Å². The molecule has 0 unspecified atom stereocenters. The SMILES string of the molecule is COC(=O)c1ccc(Cl)cc1NCc1ccc(C)s1. The van der Waals surface area contributed by atoms with Crippen molar-refractivity contribution in [2.75, 3.05) is 12.4 Å². The molecule has 0 fully saturated rings. The number of anilines is 1. The van der Waals surface area contributed by atoms with E-state index in [-0.39, 0.29) is 5.97 Å². The summed E-state index contributed by atoms with van der Waals surface area (Å²) >= 11 is 7.68. The predicted molar refractivity (Wildman–Crippen MR) is 79.2 cm³/mol. The zero-order valence-electron chi connectivity index (χ0n) is 10.7. The second-order valence-corrected chi connectivity index (χ2v) is 5.86. The number of carbonyl (C=O) groups is 1. The van der Waals surface area contributed by atoms with E-state index in [0.717, 1.165) is 0 Å². The topological polar surface area (TPSA) is 38.3 Å². The highest BCUT2D eigenvalue weighted by Crippen LogP contribution is 2.23. The Bertz CT molecular complexity index is 595. The Morgan fingerprint density at radius 3 is 2.79 bits per heavy atom. The number of rotatable bonds is 4. The third-order valence-corrected chi connectivity index (χ3v) is 3.87. The molecule has 5 heteroatoms. The van der Waals surface area contributed by atoms with Crippen LogP contribution in [0, 0.1) is 6.92 Å². The Morgan fingerprint density at radius 2 is 2.16 bits per heavy atom. The summed E-state index contributed by atoms with van der Waals surface area (Å²) in [7, 11) is 1.36. The van der Waals surface area contributed by atoms with Gasteiger partial charge < -0.3 is 10.1 Å². The Balaban J connectivity index is 2.18. The van der Waals surface area contributed by atoms with Gasteiger partial charge in [-0.2, -0.15) is 0 Å². The van der Waals surface area contributed by atoms with Crippen molar-refractivity contribution in [1.82, 2.24) is 0 Å². The van der Waals surface area contributed by atoms with Crippen LogP contribution >= 0.6 is 22.9 Å². The molecule has 0 atom stereocenters. The van der Waals surface area contributed by atoms with E-state index in [4.69, 9.17) is 16.3 Å². The van der Waals surface area contributed by atoms with E-state index < -0.39 is 0 Å². The molecule has 1 aromatic heterocycles. The van der Waals surface area contributed by atoms with Crippen LogP contribution in [0.15, 0.2) is 30.3 Å². The number of esters is 1. The van der Waals surface area contributed by atoms with Crippen molar-refractivity contribution in [3.8, 4) is 0 Å². The minimum atomic E-state index is -0.374. The first kappa shape index (κ1) is 13.9. The molecule has 1 heterocycles. The fraction of sp³-hybridized carbons (Fsp3) is 0.214. The molecule has 19 heavy (non-hydrogen) atoms. The summed E-state index contributed by atoms with van der Waals surface area (Å²) < 4.78 is 4.75. The lowest BCUT2D eigenvalue weighted by Crippen LogP contribution is -2.07. The first-order chi connectivity index (χ1) is 9.10. The highest BCUT2D eigenvalue weighted by atomic mass is 35.5. The third kappa shape index (κ3) is 3.49. The molecule has 3 nitrogen and oxygen atoms in total. The largest absolute Gasteiger partial charge is 0.465 e. The zero-order chi connectivity index (χ0) is 13.8. The molecule has 0 spiro atoms. The predicted octanol–water partition coefficient (Wildman–Crippen LogP) is 4.11. The summed E-state index contributed by atoms with van der Waals surface area (Å²) in [5.74, 6) is -0.374. The lowest BCUT2D eigenvalue weighted by molar-refractivity contribution is 0.0602. The normalized spacial score (nSPS) is 10.3. The number of halogens is 1. The highest BCUT2D eigenvalue weighted by Gasteiger charge is 2.12. The lowest BCUT2D eigenvalue weighted by Gasteiger charge is -2.10. The van der Waals surface area contributed by atoms with Gasteiger partial charge in [-0.25, -0.2) is 4.79 Å². The standard InChI is InChI=1S/C14H14ClNO2S/c1-9-3-5-11(19-9)8-16-13-7-10(15)4-6-12(13)14(17)18-2/h3-7,16H,8H2,1-2H3. The van der Waals surface area contributed by atoms with E-state index in [1.807, 2.05) is 0 Å². The molecule has 0 amide bonds. The fourth-order valence-corrected chi connectivity index (χ4v) is 2.72. The Morgan fingerprint density at radius 1 is 1.37 bits per heavy atom. The number of ether oxygens (including phenoxy) is 1. The van der Waals surface area contributed by atoms with Crippen molar-refractivity contribution in [3.63, 3.8) is 0 Å². The van der Waals surface area contributed by atoms with Crippen molar-refractivity contribution in [2.45, 2.75) is 13.5 Å². The number of thiophene rings is 1. The number of nitrogens with one attached hydrogen (secondary N) is 1. The highest BCUT2D eigenvalue weighted by molar-refractivity contribution is 7.11. The Labute approximate surface area is 121 Å². The van der Waals surface area contributed by atoms with Gasteiger partial charge in [0.2, 0.25) is 0 Å². The van der Waals surface area contributed by atoms with Crippen LogP contribution in [0.4, 0.5) is 5.69 Å². The van der Waals surface area contributed by atoms with E-state index in [9.17, 15) is 4.79 Å². The fourth-order valence-electron chi connectivity index (χ4n) is 1.71. The summed E-state index contributed by atoms with van der Waals surface area (Å²) in [6, 6.07) is 9.20. The first-order valence-electron chi connectivity index (χ1n) is 5.77. The molecule has 0 saturated carbocycles. The zero-order valence-corrected chi connectivity index (χ0v) is 12.3. The van der Waals surface area contributed by atoms with Crippen LogP contribution in [-0.4, -0.2) is 13.1 Å². The molecule has 0 aliphatic heterocycles. The van der Waals surface area contributed by atoms with Gasteiger partial charge in [0.05, 0.1) is 18.4 Å². The van der Waals surface area contributed by atoms with E-state index in [1.54, 1.807) is 29.5 Å². The number of hydrogen-bond donors (Lipinski definition) is 1. The summed E-state index contributed by atoms with van der Waals surface area (Å²) in [5, 5.41) is 3.81. The molecule has 1 aromatic carbocycles. The lowest BCUT2D eigenvalue weighted by atomic mass is 10.2. The second kappa shape index (κ2) is 6.08. The van der Waals surface area contributed by atoms with Gasteiger partial charge >= 0.3 is 5.97 Å². The summed E-state index contributed by atoms with van der Waals surface area (Å²) in [6.45, 7) is 2.72. The van der Waals surface area contributed by atoms with Gasteiger partial charge in [-0.05, 0) is 37.3 Å². The molecular formula is C14H14ClNO2S. The van der Waals surface area contributed by atoms with Crippen molar-refractivity contribution >= 4 is 34.6 Å². The van der Waals surface area contributed by atoms with Gasteiger partial charge in [0.1, 0.15) is 0 Å². The molecule has 100 valence electrons. The van der Waals surface area contributed by atoms with E-state index >= 15 is 0 Å². The minimum Gasteiger partial charge on any atom is -0.465 e. The number of methoxy groups -OCH3 is 1. The molecule has 1 N–H and O–H groups in total. The molecule has 0 aliphatic rings. The van der Waals surface area contributed by atoms with Crippen molar-refractivity contribution in [1.29, 1.82) is 0 Å². The molecule has 0 bridgehead atoms. The first-order valence-corrected chi connectivity index (χ1v) is 6.96. The summed E-state index contributed by atoms with van der Waals surface area (Å²) in [4.78, 5) is 14.1. The van der Waals surface area contributed by atoms with Crippen LogP contribution in [-0.2, 0) is 11.3 Å². The maximum absolute atomic E-state index is 11.7. The van der Waals surface area contributed by atoms with Crippen LogP contribution in [0.1, 0.15) is 20.1 Å². The van der Waals surface area contributed by atoms with Gasteiger partial charge in [-0.3, -0.25) is 0 Å². The van der Waals surface area contributed by atoms with E-state index in [0.29, 0.717) is 22.8 Å².